The molecule has 0 unspecified atom stereocenters. The number of fused-ring (bicyclic) bond motifs is 1. The van der Waals surface area contributed by atoms with Crippen LogP contribution >= 0.6 is 23.2 Å². The Balaban J connectivity index is 1.87. The predicted molar refractivity (Wildman–Crippen MR) is 139 cm³/mol. The Morgan fingerprint density at radius 3 is 2.31 bits per heavy atom. The van der Waals surface area contributed by atoms with Crippen LogP contribution in [0.2, 0.25) is 0 Å². The van der Waals surface area contributed by atoms with Crippen LogP contribution in [0.4, 0.5) is 8.78 Å². The quantitative estimate of drug-likeness (QED) is 0.306. The van der Waals surface area contributed by atoms with Gasteiger partial charge in [0, 0.05) is 12.1 Å². The molecule has 3 aliphatic rings. The molecule has 2 aliphatic heterocycles. The molecule has 0 radical (unpaired) electrons. The van der Waals surface area contributed by atoms with Crippen LogP contribution in [0.1, 0.15) is 60.3 Å². The topological polar surface area (TPSA) is 128 Å². The van der Waals surface area contributed by atoms with E-state index in [2.05, 4.69) is 16.1 Å². The SMILES string of the molecule is CC1(C)C[C@@H](CN(NC(=O)[C@@H]2[C@H]3CCC[C@H]3CN2C(=O)[C@@H](NC(=O)[C@@H](F)Cl)C(C)(C)C)C(=O)[C@@H](F)Cl)C(=O)N1. The fourth-order valence-electron chi connectivity index (χ4n) is 5.96. The number of amides is 5. The van der Waals surface area contributed by atoms with Crippen molar-refractivity contribution in [1.29, 1.82) is 0 Å². The van der Waals surface area contributed by atoms with Gasteiger partial charge in [-0.3, -0.25) is 29.4 Å². The highest BCUT2D eigenvalue weighted by Crippen LogP contribution is 2.43. The number of nitrogens with one attached hydrogen (secondary N) is 3. The lowest BCUT2D eigenvalue weighted by atomic mass is 9.85. The first-order chi connectivity index (χ1) is 17.9. The summed E-state index contributed by atoms with van der Waals surface area (Å²) in [5.74, 6) is -5.05. The van der Waals surface area contributed by atoms with E-state index in [0.717, 1.165) is 12.8 Å². The lowest BCUT2D eigenvalue weighted by Crippen LogP contribution is -2.61. The van der Waals surface area contributed by atoms with Crippen molar-refractivity contribution in [2.75, 3.05) is 13.1 Å². The van der Waals surface area contributed by atoms with Gasteiger partial charge in [0.05, 0.1) is 12.5 Å². The number of hydrogen-bond acceptors (Lipinski definition) is 5. The molecule has 3 N–H and O–H groups in total. The van der Waals surface area contributed by atoms with E-state index < -0.39 is 63.8 Å². The second kappa shape index (κ2) is 11.7. The molecule has 0 spiro atoms. The monoisotopic (exact) mass is 595 g/mol. The molecule has 3 rings (SSSR count). The summed E-state index contributed by atoms with van der Waals surface area (Å²) in [7, 11) is 0. The van der Waals surface area contributed by atoms with E-state index >= 15 is 0 Å². The van der Waals surface area contributed by atoms with Gasteiger partial charge in [-0.2, -0.15) is 0 Å². The minimum Gasteiger partial charge on any atom is -0.351 e. The summed E-state index contributed by atoms with van der Waals surface area (Å²) in [6.07, 6.45) is 2.59. The zero-order valence-electron chi connectivity index (χ0n) is 22.7. The normalized spacial score (nSPS) is 28.2. The van der Waals surface area contributed by atoms with Crippen molar-refractivity contribution in [3.05, 3.63) is 0 Å². The van der Waals surface area contributed by atoms with Crippen molar-refractivity contribution < 1.29 is 32.8 Å². The number of hydrogen-bond donors (Lipinski definition) is 3. The minimum absolute atomic E-state index is 0.00418. The van der Waals surface area contributed by atoms with E-state index in [9.17, 15) is 32.8 Å². The fourth-order valence-corrected chi connectivity index (χ4v) is 6.14. The van der Waals surface area contributed by atoms with E-state index in [-0.39, 0.29) is 30.8 Å². The molecule has 220 valence electrons. The molecule has 2 heterocycles. The summed E-state index contributed by atoms with van der Waals surface area (Å²) in [5.41, 5.74) is -3.80. The molecular formula is C25H37Cl2F2N5O5. The van der Waals surface area contributed by atoms with Gasteiger partial charge >= 0.3 is 0 Å². The number of likely N-dealkylation sites (tertiary alicyclic amines) is 1. The molecule has 3 fully saturated rings. The first kappa shape index (κ1) is 31.3. The standard InChI is InChI=1S/C25H37Cl2F2N5O5/c1-24(2,3)16(30-21(37)17(26)28)22(38)33-10-12-7-6-8-14(12)15(33)20(36)32-34(23(39)18(27)29)11-13-9-25(4,5)31-19(13)35/h12-18H,6-11H2,1-5H3,(H,30,37)(H,31,35)(H,32,36)/t12-,13-,14-,15-,16+,17+,18+/m0/s1. The molecule has 1 saturated carbocycles. The van der Waals surface area contributed by atoms with Gasteiger partial charge in [0.25, 0.3) is 29.0 Å². The Morgan fingerprint density at radius 2 is 1.79 bits per heavy atom. The van der Waals surface area contributed by atoms with Crippen molar-refractivity contribution in [3.8, 4) is 0 Å². The highest BCUT2D eigenvalue weighted by atomic mass is 35.5. The number of carbonyl (C=O) groups is 5. The first-order valence-electron chi connectivity index (χ1n) is 13.0. The Kier molecular flexibility index (Phi) is 9.41. The Bertz CT molecular complexity index is 1010. The van der Waals surface area contributed by atoms with Gasteiger partial charge in [0.1, 0.15) is 12.1 Å². The number of rotatable bonds is 7. The van der Waals surface area contributed by atoms with Crippen LogP contribution < -0.4 is 16.1 Å². The number of nitrogens with zero attached hydrogens (tertiary/aromatic N) is 2. The van der Waals surface area contributed by atoms with E-state index in [1.165, 1.54) is 4.90 Å². The summed E-state index contributed by atoms with van der Waals surface area (Å²) < 4.78 is 27.4. The number of hydrazine groups is 1. The van der Waals surface area contributed by atoms with Crippen LogP contribution in [-0.2, 0) is 24.0 Å². The third kappa shape index (κ3) is 7.11. The molecule has 0 aromatic rings. The average molecular weight is 597 g/mol. The average Bonchev–Trinajstić information content (AvgIpc) is 3.46. The van der Waals surface area contributed by atoms with E-state index in [0.29, 0.717) is 17.9 Å². The van der Waals surface area contributed by atoms with Crippen LogP contribution in [0.25, 0.3) is 0 Å². The van der Waals surface area contributed by atoms with E-state index in [4.69, 9.17) is 23.2 Å². The van der Waals surface area contributed by atoms with E-state index in [1.807, 2.05) is 0 Å². The van der Waals surface area contributed by atoms with Gasteiger partial charge in [0.15, 0.2) is 0 Å². The lowest BCUT2D eigenvalue weighted by Gasteiger charge is -2.37. The molecule has 7 atom stereocenters. The maximum atomic E-state index is 13.9. The summed E-state index contributed by atoms with van der Waals surface area (Å²) in [5, 5.41) is 5.84. The van der Waals surface area contributed by atoms with Gasteiger partial charge in [-0.25, -0.2) is 13.8 Å². The summed E-state index contributed by atoms with van der Waals surface area (Å²) in [6.45, 7) is 8.56. The Morgan fingerprint density at radius 1 is 1.15 bits per heavy atom. The molecule has 5 amide bonds. The second-order valence-electron chi connectivity index (χ2n) is 12.4. The molecule has 10 nitrogen and oxygen atoms in total. The van der Waals surface area contributed by atoms with Crippen LogP contribution in [0.15, 0.2) is 0 Å². The molecule has 0 bridgehead atoms. The molecule has 14 heteroatoms. The fraction of sp³-hybridized carbons (Fsp3) is 0.800. The molecular weight excluding hydrogens is 559 g/mol. The largest absolute Gasteiger partial charge is 0.351 e. The van der Waals surface area contributed by atoms with Crippen molar-refractivity contribution in [3.63, 3.8) is 0 Å². The zero-order valence-corrected chi connectivity index (χ0v) is 24.2. The van der Waals surface area contributed by atoms with Gasteiger partial charge < -0.3 is 15.5 Å². The lowest BCUT2D eigenvalue weighted by molar-refractivity contribution is -0.150. The summed E-state index contributed by atoms with van der Waals surface area (Å²) in [4.78, 5) is 65.9. The summed E-state index contributed by atoms with van der Waals surface area (Å²) in [6, 6.07) is -2.24. The van der Waals surface area contributed by atoms with Crippen molar-refractivity contribution in [2.45, 2.75) is 89.2 Å². The molecule has 0 aromatic carbocycles. The van der Waals surface area contributed by atoms with Crippen molar-refractivity contribution >= 4 is 52.7 Å². The number of carbonyl (C=O) groups excluding carboxylic acids is 5. The predicted octanol–water partition coefficient (Wildman–Crippen LogP) is 1.99. The number of halogens is 4. The van der Waals surface area contributed by atoms with Gasteiger partial charge in [-0.05, 0) is 50.4 Å². The van der Waals surface area contributed by atoms with E-state index in [1.54, 1.807) is 34.6 Å². The summed E-state index contributed by atoms with van der Waals surface area (Å²) >= 11 is 10.7. The zero-order chi connectivity index (χ0) is 29.4. The Hall–Kier alpha value is -2.21. The van der Waals surface area contributed by atoms with Crippen LogP contribution in [0, 0.1) is 23.2 Å². The number of alkyl halides is 4. The smallest absolute Gasteiger partial charge is 0.291 e. The maximum Gasteiger partial charge on any atom is 0.291 e. The van der Waals surface area contributed by atoms with Crippen LogP contribution in [0.5, 0.6) is 0 Å². The third-order valence-corrected chi connectivity index (χ3v) is 8.11. The first-order valence-corrected chi connectivity index (χ1v) is 13.9. The van der Waals surface area contributed by atoms with Gasteiger partial charge in [-0.1, -0.05) is 50.4 Å². The second-order valence-corrected chi connectivity index (χ2v) is 13.2. The third-order valence-electron chi connectivity index (χ3n) is 7.73. The Labute approximate surface area is 236 Å². The minimum atomic E-state index is -2.46. The molecule has 1 aliphatic carbocycles. The van der Waals surface area contributed by atoms with Crippen LogP contribution in [0.3, 0.4) is 0 Å². The molecule has 39 heavy (non-hydrogen) atoms. The van der Waals surface area contributed by atoms with Crippen molar-refractivity contribution in [1.82, 2.24) is 26.0 Å². The van der Waals surface area contributed by atoms with Crippen molar-refractivity contribution in [2.24, 2.45) is 23.2 Å². The molecule has 2 saturated heterocycles. The van der Waals surface area contributed by atoms with Gasteiger partial charge in [-0.15, -0.1) is 0 Å². The maximum absolute atomic E-state index is 13.9. The highest BCUT2D eigenvalue weighted by Gasteiger charge is 2.52. The van der Waals surface area contributed by atoms with Crippen LogP contribution in [-0.4, -0.2) is 81.4 Å². The molecule has 0 aromatic heterocycles. The van der Waals surface area contributed by atoms with Gasteiger partial charge in [0.2, 0.25) is 11.8 Å². The highest BCUT2D eigenvalue weighted by molar-refractivity contribution is 6.30.